The molecule has 0 fully saturated rings. The molecule has 4 aromatic rings. The second-order valence-corrected chi connectivity index (χ2v) is 8.19. The molecule has 0 aliphatic heterocycles. The summed E-state index contributed by atoms with van der Waals surface area (Å²) in [5.74, 6) is 0.199. The number of hydrogen-bond donors (Lipinski definition) is 1. The number of aromatic nitrogens is 3. The maximum atomic E-state index is 14.1. The number of alkyl halides is 3. The first kappa shape index (κ1) is 21.9. The van der Waals surface area contributed by atoms with Crippen LogP contribution in [0.2, 0.25) is 0 Å². The zero-order valence-electron chi connectivity index (χ0n) is 17.6. The topological polar surface area (TPSA) is 60.2 Å². The van der Waals surface area contributed by atoms with Crippen LogP contribution in [0.3, 0.4) is 0 Å². The fourth-order valence-corrected chi connectivity index (χ4v) is 4.13. The zero-order chi connectivity index (χ0) is 23.0. The molecule has 166 valence electrons. The molecule has 0 aliphatic rings. The number of nitrogens with zero attached hydrogens (tertiary/aromatic N) is 3. The van der Waals surface area contributed by atoms with Gasteiger partial charge in [0.2, 0.25) is 0 Å². The number of ether oxygens (including phenoxy) is 1. The van der Waals surface area contributed by atoms with Crippen molar-refractivity contribution in [2.75, 3.05) is 6.61 Å². The van der Waals surface area contributed by atoms with Crippen molar-refractivity contribution < 1.29 is 23.0 Å². The van der Waals surface area contributed by atoms with Crippen molar-refractivity contribution in [2.45, 2.75) is 26.9 Å². The Morgan fingerprint density at radius 1 is 1.12 bits per heavy atom. The van der Waals surface area contributed by atoms with Gasteiger partial charge in [0.1, 0.15) is 11.5 Å². The van der Waals surface area contributed by atoms with Crippen LogP contribution in [0.25, 0.3) is 28.2 Å². The predicted molar refractivity (Wildman–Crippen MR) is 117 cm³/mol. The zero-order valence-corrected chi connectivity index (χ0v) is 18.4. The van der Waals surface area contributed by atoms with Crippen molar-refractivity contribution in [3.8, 4) is 39.7 Å². The molecule has 5 nitrogen and oxygen atoms in total. The maximum absolute atomic E-state index is 14.1. The molecule has 0 amide bonds. The van der Waals surface area contributed by atoms with Crippen LogP contribution in [-0.2, 0) is 6.18 Å². The Hall–Kier alpha value is -3.33. The molecule has 0 spiro atoms. The van der Waals surface area contributed by atoms with Crippen molar-refractivity contribution in [1.82, 2.24) is 14.8 Å². The Morgan fingerprint density at radius 2 is 1.88 bits per heavy atom. The minimum Gasteiger partial charge on any atom is -0.507 e. The molecule has 0 atom stereocenters. The molecule has 0 saturated heterocycles. The van der Waals surface area contributed by atoms with Crippen LogP contribution >= 0.6 is 11.3 Å². The van der Waals surface area contributed by atoms with Gasteiger partial charge in [-0.1, -0.05) is 18.2 Å². The van der Waals surface area contributed by atoms with Gasteiger partial charge in [-0.3, -0.25) is 0 Å². The molecule has 4 rings (SSSR count). The van der Waals surface area contributed by atoms with Crippen LogP contribution in [0.4, 0.5) is 13.2 Å². The summed E-state index contributed by atoms with van der Waals surface area (Å²) in [7, 11) is 0. The molecular formula is C23H20F3N3O2S. The van der Waals surface area contributed by atoms with Gasteiger partial charge < -0.3 is 9.84 Å². The van der Waals surface area contributed by atoms with Gasteiger partial charge in [-0.25, -0.2) is 9.67 Å². The predicted octanol–water partition coefficient (Wildman–Crippen LogP) is 6.40. The van der Waals surface area contributed by atoms with Crippen LogP contribution in [-0.4, -0.2) is 26.5 Å². The number of thiazole rings is 1. The van der Waals surface area contributed by atoms with E-state index in [1.54, 1.807) is 56.5 Å². The quantitative estimate of drug-likeness (QED) is 0.375. The Morgan fingerprint density at radius 3 is 2.47 bits per heavy atom. The summed E-state index contributed by atoms with van der Waals surface area (Å²) in [4.78, 5) is 4.31. The number of phenols is 1. The van der Waals surface area contributed by atoms with E-state index in [2.05, 4.69) is 10.1 Å². The monoisotopic (exact) mass is 459 g/mol. The largest absolute Gasteiger partial charge is 0.507 e. The van der Waals surface area contributed by atoms with E-state index in [0.29, 0.717) is 23.1 Å². The summed E-state index contributed by atoms with van der Waals surface area (Å²) >= 11 is 1.25. The first-order chi connectivity index (χ1) is 15.2. The lowest BCUT2D eigenvalue weighted by molar-refractivity contribution is -0.140. The van der Waals surface area contributed by atoms with Crippen LogP contribution in [0.5, 0.6) is 11.5 Å². The molecule has 0 saturated carbocycles. The van der Waals surface area contributed by atoms with Crippen molar-refractivity contribution in [1.29, 1.82) is 0 Å². The number of benzene rings is 2. The van der Waals surface area contributed by atoms with Crippen LogP contribution in [0.15, 0.2) is 47.8 Å². The molecule has 32 heavy (non-hydrogen) atoms. The molecule has 0 bridgehead atoms. The normalized spacial score (nSPS) is 11.7. The SMILES string of the molecule is CCOc1ccc(-c2c(-c3csc(C)n3)c(C(F)(F)F)nn2-c2ccccc2C)c(O)c1. The molecule has 0 aliphatic carbocycles. The van der Waals surface area contributed by atoms with Gasteiger partial charge in [-0.15, -0.1) is 11.3 Å². The van der Waals surface area contributed by atoms with Crippen molar-refractivity contribution in [2.24, 2.45) is 0 Å². The lowest BCUT2D eigenvalue weighted by Crippen LogP contribution is -2.09. The number of aryl methyl sites for hydroxylation is 2. The third-order valence-electron chi connectivity index (χ3n) is 4.91. The van der Waals surface area contributed by atoms with E-state index in [1.165, 1.54) is 28.2 Å². The minimum absolute atomic E-state index is 0.109. The molecule has 2 aromatic heterocycles. The van der Waals surface area contributed by atoms with Crippen molar-refractivity contribution in [3.05, 3.63) is 64.1 Å². The average Bonchev–Trinajstić information content (AvgIpc) is 3.32. The van der Waals surface area contributed by atoms with Gasteiger partial charge in [0.15, 0.2) is 5.69 Å². The second-order valence-electron chi connectivity index (χ2n) is 7.13. The number of phenolic OH excluding ortho intramolecular Hbond substituents is 1. The fourth-order valence-electron chi connectivity index (χ4n) is 3.53. The van der Waals surface area contributed by atoms with E-state index in [9.17, 15) is 18.3 Å². The highest BCUT2D eigenvalue weighted by Gasteiger charge is 2.41. The minimum atomic E-state index is -4.73. The Labute approximate surface area is 186 Å². The molecule has 0 unspecified atom stereocenters. The van der Waals surface area contributed by atoms with E-state index in [4.69, 9.17) is 4.74 Å². The van der Waals surface area contributed by atoms with Gasteiger partial charge in [-0.2, -0.15) is 18.3 Å². The summed E-state index contributed by atoms with van der Waals surface area (Å²) in [5.41, 5.74) is 0.426. The lowest BCUT2D eigenvalue weighted by atomic mass is 10.0. The van der Waals surface area contributed by atoms with E-state index in [0.717, 1.165) is 5.56 Å². The Kier molecular flexibility index (Phi) is 5.68. The molecule has 0 radical (unpaired) electrons. The highest BCUT2D eigenvalue weighted by atomic mass is 32.1. The van der Waals surface area contributed by atoms with E-state index < -0.39 is 11.9 Å². The molecule has 9 heteroatoms. The molecule has 1 N–H and O–H groups in total. The number of hydrogen-bond acceptors (Lipinski definition) is 5. The third-order valence-corrected chi connectivity index (χ3v) is 5.68. The average molecular weight is 459 g/mol. The van der Waals surface area contributed by atoms with Crippen molar-refractivity contribution >= 4 is 11.3 Å². The van der Waals surface area contributed by atoms with E-state index >= 15 is 0 Å². The highest BCUT2D eigenvalue weighted by molar-refractivity contribution is 7.09. The van der Waals surface area contributed by atoms with Gasteiger partial charge in [0.25, 0.3) is 0 Å². The van der Waals surface area contributed by atoms with Crippen LogP contribution in [0, 0.1) is 13.8 Å². The maximum Gasteiger partial charge on any atom is 0.435 e. The van der Waals surface area contributed by atoms with Crippen molar-refractivity contribution in [3.63, 3.8) is 0 Å². The summed E-state index contributed by atoms with van der Waals surface area (Å²) in [6.07, 6.45) is -4.73. The van der Waals surface area contributed by atoms with E-state index in [1.807, 2.05) is 0 Å². The summed E-state index contributed by atoms with van der Waals surface area (Å²) in [6, 6.07) is 11.5. The number of rotatable bonds is 5. The number of aromatic hydroxyl groups is 1. The Balaban J connectivity index is 2.10. The second kappa shape index (κ2) is 8.31. The first-order valence-electron chi connectivity index (χ1n) is 9.85. The summed E-state index contributed by atoms with van der Waals surface area (Å²) < 4.78 is 49.1. The van der Waals surface area contributed by atoms with Gasteiger partial charge in [0, 0.05) is 17.0 Å². The van der Waals surface area contributed by atoms with Gasteiger partial charge >= 0.3 is 6.18 Å². The smallest absolute Gasteiger partial charge is 0.435 e. The number of para-hydroxylation sites is 1. The van der Waals surface area contributed by atoms with Crippen LogP contribution < -0.4 is 4.74 Å². The molecular weight excluding hydrogens is 439 g/mol. The summed E-state index contributed by atoms with van der Waals surface area (Å²) in [5, 5.41) is 17.0. The first-order valence-corrected chi connectivity index (χ1v) is 10.7. The summed E-state index contributed by atoms with van der Waals surface area (Å²) in [6.45, 7) is 5.71. The van der Waals surface area contributed by atoms with Gasteiger partial charge in [0.05, 0.1) is 34.3 Å². The molecule has 2 aromatic carbocycles. The van der Waals surface area contributed by atoms with Gasteiger partial charge in [-0.05, 0) is 44.5 Å². The van der Waals surface area contributed by atoms with Crippen LogP contribution in [0.1, 0.15) is 23.2 Å². The molecule has 2 heterocycles. The third kappa shape index (κ3) is 3.95. The number of halogens is 3. The van der Waals surface area contributed by atoms with E-state index in [-0.39, 0.29) is 28.3 Å². The Bertz CT molecular complexity index is 1280. The standard InChI is InChI=1S/C23H20F3N3O2S/c1-4-31-15-9-10-16(19(30)11-15)21-20(17-12-32-14(3)27-17)22(23(24,25)26)28-29(21)18-8-6-5-7-13(18)2/h5-12,30H,4H2,1-3H3. The highest BCUT2D eigenvalue weighted by Crippen LogP contribution is 2.46. The lowest BCUT2D eigenvalue weighted by Gasteiger charge is -2.14. The fraction of sp³-hybridized carbons (Fsp3) is 0.217.